The molecule has 0 fully saturated rings. The number of nitrogens with two attached hydrogens (primary N) is 1. The second-order valence-corrected chi connectivity index (χ2v) is 4.21. The molecule has 3 N–H and O–H groups in total. The molecule has 1 atom stereocenters. The van der Waals surface area contributed by atoms with Crippen molar-refractivity contribution in [3.63, 3.8) is 0 Å². The summed E-state index contributed by atoms with van der Waals surface area (Å²) >= 11 is 0. The van der Waals surface area contributed by atoms with E-state index in [0.717, 1.165) is 12.5 Å². The van der Waals surface area contributed by atoms with Crippen LogP contribution in [-0.4, -0.2) is 18.5 Å². The van der Waals surface area contributed by atoms with E-state index in [9.17, 15) is 8.78 Å². The lowest BCUT2D eigenvalue weighted by molar-refractivity contribution is 0.572. The van der Waals surface area contributed by atoms with E-state index in [0.29, 0.717) is 24.5 Å². The largest absolute Gasteiger partial charge is 0.370 e. The highest BCUT2D eigenvalue weighted by Crippen LogP contribution is 2.09. The molecule has 0 aliphatic rings. The lowest BCUT2D eigenvalue weighted by atomic mass is 10.1. The molecule has 19 heavy (non-hydrogen) atoms. The lowest BCUT2D eigenvalue weighted by Crippen LogP contribution is -2.38. The molecule has 0 radical (unpaired) electrons. The first-order chi connectivity index (χ1) is 8.52. The first-order valence-corrected chi connectivity index (χ1v) is 6.03. The molecular formula is C13H20F2IN3. The van der Waals surface area contributed by atoms with Gasteiger partial charge >= 0.3 is 0 Å². The highest BCUT2D eigenvalue weighted by Gasteiger charge is 2.03. The summed E-state index contributed by atoms with van der Waals surface area (Å²) < 4.78 is 26.0. The molecule has 0 aromatic heterocycles. The summed E-state index contributed by atoms with van der Waals surface area (Å²) in [5.74, 6) is -0.761. The van der Waals surface area contributed by atoms with E-state index < -0.39 is 11.6 Å². The van der Waals surface area contributed by atoms with Gasteiger partial charge in [0.1, 0.15) is 11.6 Å². The minimum Gasteiger partial charge on any atom is -0.370 e. The maximum Gasteiger partial charge on any atom is 0.188 e. The maximum absolute atomic E-state index is 13.3. The van der Waals surface area contributed by atoms with Crippen LogP contribution in [0.25, 0.3) is 0 Å². The van der Waals surface area contributed by atoms with Crippen LogP contribution in [0.1, 0.15) is 25.8 Å². The van der Waals surface area contributed by atoms with Crippen LogP contribution in [0.15, 0.2) is 23.2 Å². The van der Waals surface area contributed by atoms with Crippen molar-refractivity contribution in [2.24, 2.45) is 10.7 Å². The Balaban J connectivity index is 0.00000324. The molecule has 108 valence electrons. The van der Waals surface area contributed by atoms with Crippen molar-refractivity contribution < 1.29 is 8.78 Å². The molecule has 6 heteroatoms. The van der Waals surface area contributed by atoms with Gasteiger partial charge in [0.05, 0.1) is 0 Å². The normalized spacial score (nSPS) is 12.7. The average Bonchev–Trinajstić information content (AvgIpc) is 2.31. The molecule has 0 saturated heterocycles. The highest BCUT2D eigenvalue weighted by atomic mass is 127. The van der Waals surface area contributed by atoms with Gasteiger partial charge in [-0.05, 0) is 31.4 Å². The van der Waals surface area contributed by atoms with Crippen molar-refractivity contribution in [3.8, 4) is 0 Å². The van der Waals surface area contributed by atoms with Crippen LogP contribution >= 0.6 is 24.0 Å². The first-order valence-electron chi connectivity index (χ1n) is 6.03. The molecular weight excluding hydrogens is 363 g/mol. The van der Waals surface area contributed by atoms with Crippen LogP contribution in [0.2, 0.25) is 0 Å². The molecule has 1 aromatic carbocycles. The van der Waals surface area contributed by atoms with Gasteiger partial charge in [-0.15, -0.1) is 24.0 Å². The molecule has 0 saturated carbocycles. The van der Waals surface area contributed by atoms with Crippen molar-refractivity contribution in [2.75, 3.05) is 6.54 Å². The van der Waals surface area contributed by atoms with Crippen LogP contribution < -0.4 is 11.1 Å². The summed E-state index contributed by atoms with van der Waals surface area (Å²) in [5, 5.41) is 3.01. The van der Waals surface area contributed by atoms with Gasteiger partial charge in [0, 0.05) is 18.7 Å². The molecule has 0 amide bonds. The van der Waals surface area contributed by atoms with Crippen LogP contribution in [0, 0.1) is 11.6 Å². The lowest BCUT2D eigenvalue weighted by Gasteiger charge is -2.11. The Morgan fingerprint density at radius 3 is 2.68 bits per heavy atom. The van der Waals surface area contributed by atoms with Gasteiger partial charge in [0.25, 0.3) is 0 Å². The number of hydrogen-bond donors (Lipinski definition) is 2. The van der Waals surface area contributed by atoms with Crippen molar-refractivity contribution in [2.45, 2.75) is 32.7 Å². The third kappa shape index (κ3) is 6.70. The number of halogens is 3. The molecule has 1 rings (SSSR count). The predicted molar refractivity (Wildman–Crippen MR) is 84.9 cm³/mol. The number of rotatable bonds is 5. The van der Waals surface area contributed by atoms with E-state index in [4.69, 9.17) is 5.73 Å². The number of benzene rings is 1. The van der Waals surface area contributed by atoms with Crippen molar-refractivity contribution >= 4 is 29.9 Å². The highest BCUT2D eigenvalue weighted by molar-refractivity contribution is 14.0. The Kier molecular flexibility index (Phi) is 8.62. The van der Waals surface area contributed by atoms with Crippen molar-refractivity contribution in [3.05, 3.63) is 35.4 Å². The smallest absolute Gasteiger partial charge is 0.188 e. The fraction of sp³-hybridized carbons (Fsp3) is 0.462. The second-order valence-electron chi connectivity index (χ2n) is 4.21. The standard InChI is InChI=1S/C13H19F2N3.HI/c1-3-9(2)18-13(16)17-7-6-10-4-5-11(14)8-12(10)15;/h4-5,8-9H,3,6-7H2,1-2H3,(H3,16,17,18);1H. The zero-order valence-electron chi connectivity index (χ0n) is 11.1. The van der Waals surface area contributed by atoms with E-state index in [-0.39, 0.29) is 30.0 Å². The van der Waals surface area contributed by atoms with Crippen LogP contribution in [0.5, 0.6) is 0 Å². The van der Waals surface area contributed by atoms with Gasteiger partial charge in [0.15, 0.2) is 5.96 Å². The van der Waals surface area contributed by atoms with Crippen LogP contribution in [0.4, 0.5) is 8.78 Å². The van der Waals surface area contributed by atoms with E-state index in [1.165, 1.54) is 12.1 Å². The fourth-order valence-electron chi connectivity index (χ4n) is 1.42. The van der Waals surface area contributed by atoms with E-state index in [1.807, 2.05) is 13.8 Å². The molecule has 0 aliphatic carbocycles. The van der Waals surface area contributed by atoms with Gasteiger partial charge in [-0.2, -0.15) is 0 Å². The monoisotopic (exact) mass is 383 g/mol. The van der Waals surface area contributed by atoms with Crippen LogP contribution in [0.3, 0.4) is 0 Å². The molecule has 0 spiro atoms. The van der Waals surface area contributed by atoms with Gasteiger partial charge in [-0.1, -0.05) is 13.0 Å². The number of guanidine groups is 1. The number of nitrogens with zero attached hydrogens (tertiary/aromatic N) is 1. The zero-order chi connectivity index (χ0) is 13.5. The topological polar surface area (TPSA) is 50.4 Å². The summed E-state index contributed by atoms with van der Waals surface area (Å²) in [6.45, 7) is 4.42. The number of nitrogens with one attached hydrogen (secondary N) is 1. The van der Waals surface area contributed by atoms with E-state index >= 15 is 0 Å². The maximum atomic E-state index is 13.3. The summed E-state index contributed by atoms with van der Waals surface area (Å²) in [4.78, 5) is 4.09. The molecule has 0 heterocycles. The Labute approximate surface area is 129 Å². The first kappa shape index (κ1) is 18.1. The van der Waals surface area contributed by atoms with Crippen LogP contribution in [-0.2, 0) is 6.42 Å². The second kappa shape index (κ2) is 9.06. The molecule has 0 bridgehead atoms. The molecule has 3 nitrogen and oxygen atoms in total. The SMILES string of the molecule is CCC(C)NC(N)=NCCc1ccc(F)cc1F.I. The van der Waals surface area contributed by atoms with E-state index in [1.54, 1.807) is 0 Å². The quantitative estimate of drug-likeness (QED) is 0.467. The Bertz CT molecular complexity index is 424. The Morgan fingerprint density at radius 2 is 2.11 bits per heavy atom. The van der Waals surface area contributed by atoms with Gasteiger partial charge in [-0.25, -0.2) is 8.78 Å². The van der Waals surface area contributed by atoms with Crippen molar-refractivity contribution in [1.29, 1.82) is 0 Å². The molecule has 1 aromatic rings. The summed E-state index contributed by atoms with van der Waals surface area (Å²) in [6, 6.07) is 3.80. The molecule has 1 unspecified atom stereocenters. The minimum absolute atomic E-state index is 0. The predicted octanol–water partition coefficient (Wildman–Crippen LogP) is 2.83. The fourth-order valence-corrected chi connectivity index (χ4v) is 1.42. The number of aliphatic imine (C=N–C) groups is 1. The molecule has 0 aliphatic heterocycles. The van der Waals surface area contributed by atoms with Gasteiger partial charge in [0.2, 0.25) is 0 Å². The Morgan fingerprint density at radius 1 is 1.42 bits per heavy atom. The third-order valence-corrected chi connectivity index (χ3v) is 2.69. The summed E-state index contributed by atoms with van der Waals surface area (Å²) in [5.41, 5.74) is 6.10. The van der Waals surface area contributed by atoms with Gasteiger partial charge in [-0.3, -0.25) is 4.99 Å². The summed E-state index contributed by atoms with van der Waals surface area (Å²) in [7, 11) is 0. The Hall–Kier alpha value is -0.920. The third-order valence-electron chi connectivity index (χ3n) is 2.69. The van der Waals surface area contributed by atoms with Crippen molar-refractivity contribution in [1.82, 2.24) is 5.32 Å². The average molecular weight is 383 g/mol. The van der Waals surface area contributed by atoms with E-state index in [2.05, 4.69) is 10.3 Å². The zero-order valence-corrected chi connectivity index (χ0v) is 13.4. The minimum atomic E-state index is -0.572. The summed E-state index contributed by atoms with van der Waals surface area (Å²) in [6.07, 6.45) is 1.35. The number of hydrogen-bond acceptors (Lipinski definition) is 1. The van der Waals surface area contributed by atoms with Gasteiger partial charge < -0.3 is 11.1 Å².